The van der Waals surface area contributed by atoms with Gasteiger partial charge in [-0.25, -0.2) is 4.79 Å². The van der Waals surface area contributed by atoms with Crippen LogP contribution in [0.5, 0.6) is 0 Å². The molecule has 0 spiro atoms. The van der Waals surface area contributed by atoms with E-state index in [1.54, 1.807) is 0 Å². The minimum atomic E-state index is -0.953. The second kappa shape index (κ2) is 7.10. The molecule has 3 N–H and O–H groups in total. The fourth-order valence-corrected chi connectivity index (χ4v) is 3.33. The third-order valence-electron chi connectivity index (χ3n) is 3.87. The zero-order valence-corrected chi connectivity index (χ0v) is 12.5. The van der Waals surface area contributed by atoms with Crippen LogP contribution in [0.25, 0.3) is 0 Å². The van der Waals surface area contributed by atoms with Crippen molar-refractivity contribution in [3.05, 3.63) is 0 Å². The number of amides is 1. The van der Waals surface area contributed by atoms with Crippen LogP contribution in [0, 0.1) is 17.3 Å². The lowest BCUT2D eigenvalue weighted by Crippen LogP contribution is -2.53. The number of hydrogen-bond acceptors (Lipinski definition) is 3. The molecule has 112 valence electrons. The summed E-state index contributed by atoms with van der Waals surface area (Å²) < 4.78 is 5.60. The van der Waals surface area contributed by atoms with Gasteiger partial charge in [0, 0.05) is 25.8 Å². The van der Waals surface area contributed by atoms with Crippen LogP contribution in [-0.2, 0) is 4.74 Å². The van der Waals surface area contributed by atoms with Gasteiger partial charge < -0.3 is 20.5 Å². The topological polar surface area (TPSA) is 70.6 Å². The Balaban J connectivity index is 2.87. The molecule has 0 aromatic carbocycles. The molecule has 0 bridgehead atoms. The van der Waals surface area contributed by atoms with Crippen molar-refractivity contribution in [3.8, 4) is 0 Å². The molecule has 1 saturated heterocycles. The van der Waals surface area contributed by atoms with Gasteiger partial charge in [0.1, 0.15) is 0 Å². The summed E-state index contributed by atoms with van der Waals surface area (Å²) in [7, 11) is 1.85. The Labute approximate surface area is 116 Å². The molecule has 0 aliphatic carbocycles. The highest BCUT2D eigenvalue weighted by atomic mass is 16.5. The van der Waals surface area contributed by atoms with E-state index in [1.807, 2.05) is 7.05 Å². The first-order valence-electron chi connectivity index (χ1n) is 7.08. The van der Waals surface area contributed by atoms with Gasteiger partial charge in [0.2, 0.25) is 0 Å². The van der Waals surface area contributed by atoms with Gasteiger partial charge in [-0.2, -0.15) is 0 Å². The molecule has 1 aliphatic heterocycles. The van der Waals surface area contributed by atoms with Crippen LogP contribution in [0.3, 0.4) is 0 Å². The maximum Gasteiger partial charge on any atom is 0.404 e. The summed E-state index contributed by atoms with van der Waals surface area (Å²) in [6.45, 7) is 8.75. The SMILES string of the molecule is CNCC(NC(=O)O)[C@@H]([C@H]1CCCOC1)C(C)(C)C. The molecule has 0 saturated carbocycles. The van der Waals surface area contributed by atoms with Gasteiger partial charge in [0.15, 0.2) is 0 Å². The highest BCUT2D eigenvalue weighted by molar-refractivity contribution is 5.65. The molecule has 1 aliphatic rings. The zero-order valence-electron chi connectivity index (χ0n) is 12.5. The number of carbonyl (C=O) groups is 1. The summed E-state index contributed by atoms with van der Waals surface area (Å²) in [4.78, 5) is 11.0. The van der Waals surface area contributed by atoms with Gasteiger partial charge >= 0.3 is 6.09 Å². The minimum absolute atomic E-state index is 0.0370. The Morgan fingerprint density at radius 2 is 2.16 bits per heavy atom. The van der Waals surface area contributed by atoms with Crippen molar-refractivity contribution in [2.45, 2.75) is 39.7 Å². The van der Waals surface area contributed by atoms with Crippen LogP contribution in [0.2, 0.25) is 0 Å². The number of nitrogens with one attached hydrogen (secondary N) is 2. The van der Waals surface area contributed by atoms with Crippen molar-refractivity contribution in [1.82, 2.24) is 10.6 Å². The lowest BCUT2D eigenvalue weighted by molar-refractivity contribution is -0.0104. The standard InChI is InChI=1S/C14H28N2O3/c1-14(2,3)12(10-6-5-7-19-9-10)11(8-15-4)16-13(17)18/h10-12,15-16H,5-9H2,1-4H3,(H,17,18)/t10-,11?,12+/m0/s1. The van der Waals surface area contributed by atoms with Gasteiger partial charge in [0.25, 0.3) is 0 Å². The van der Waals surface area contributed by atoms with Crippen molar-refractivity contribution < 1.29 is 14.6 Å². The van der Waals surface area contributed by atoms with Crippen molar-refractivity contribution in [1.29, 1.82) is 0 Å². The summed E-state index contributed by atoms with van der Waals surface area (Å²) in [5.41, 5.74) is 0.0370. The van der Waals surface area contributed by atoms with Crippen LogP contribution in [-0.4, -0.2) is 44.0 Å². The number of likely N-dealkylation sites (N-methyl/N-ethyl adjacent to an activating group) is 1. The van der Waals surface area contributed by atoms with Crippen LogP contribution in [0.15, 0.2) is 0 Å². The predicted molar refractivity (Wildman–Crippen MR) is 75.4 cm³/mol. The Kier molecular flexibility index (Phi) is 6.07. The van der Waals surface area contributed by atoms with Crippen molar-refractivity contribution >= 4 is 6.09 Å². The Morgan fingerprint density at radius 3 is 2.58 bits per heavy atom. The van der Waals surface area contributed by atoms with Gasteiger partial charge in [-0.1, -0.05) is 20.8 Å². The summed E-state index contributed by atoms with van der Waals surface area (Å²) in [5.74, 6) is 0.676. The first-order chi connectivity index (χ1) is 8.86. The number of rotatable bonds is 5. The van der Waals surface area contributed by atoms with E-state index in [1.165, 1.54) is 0 Å². The summed E-state index contributed by atoms with van der Waals surface area (Å²) in [5, 5.41) is 14.8. The van der Waals surface area contributed by atoms with E-state index in [2.05, 4.69) is 31.4 Å². The smallest absolute Gasteiger partial charge is 0.404 e. The molecule has 1 heterocycles. The molecule has 3 atom stereocenters. The summed E-state index contributed by atoms with van der Waals surface area (Å²) in [6.07, 6.45) is 1.23. The molecule has 1 rings (SSSR count). The molecule has 1 unspecified atom stereocenters. The molecular weight excluding hydrogens is 244 g/mol. The van der Waals surface area contributed by atoms with Crippen molar-refractivity contribution in [2.75, 3.05) is 26.8 Å². The molecule has 0 radical (unpaired) electrons. The highest BCUT2D eigenvalue weighted by Gasteiger charge is 2.39. The minimum Gasteiger partial charge on any atom is -0.465 e. The Bertz CT molecular complexity index is 283. The van der Waals surface area contributed by atoms with Crippen LogP contribution in [0.4, 0.5) is 4.79 Å². The van der Waals surface area contributed by atoms with Crippen molar-refractivity contribution in [3.63, 3.8) is 0 Å². The average Bonchev–Trinajstić information content (AvgIpc) is 2.28. The monoisotopic (exact) mass is 272 g/mol. The molecule has 0 aromatic heterocycles. The van der Waals surface area contributed by atoms with Crippen molar-refractivity contribution in [2.24, 2.45) is 17.3 Å². The summed E-state index contributed by atoms with van der Waals surface area (Å²) >= 11 is 0. The highest BCUT2D eigenvalue weighted by Crippen LogP contribution is 2.38. The first-order valence-corrected chi connectivity index (χ1v) is 7.08. The van der Waals surface area contributed by atoms with E-state index < -0.39 is 6.09 Å². The van der Waals surface area contributed by atoms with E-state index >= 15 is 0 Å². The van der Waals surface area contributed by atoms with E-state index in [9.17, 15) is 4.79 Å². The molecule has 5 heteroatoms. The lowest BCUT2D eigenvalue weighted by Gasteiger charge is -2.43. The largest absolute Gasteiger partial charge is 0.465 e. The normalized spacial score (nSPS) is 23.7. The molecule has 0 aromatic rings. The zero-order chi connectivity index (χ0) is 14.5. The maximum absolute atomic E-state index is 11.0. The van der Waals surface area contributed by atoms with E-state index in [4.69, 9.17) is 9.84 Å². The Hall–Kier alpha value is -0.810. The van der Waals surface area contributed by atoms with E-state index in [0.717, 1.165) is 26.1 Å². The Morgan fingerprint density at radius 1 is 1.47 bits per heavy atom. The molecule has 19 heavy (non-hydrogen) atoms. The van der Waals surface area contributed by atoms with Crippen LogP contribution < -0.4 is 10.6 Å². The number of hydrogen-bond donors (Lipinski definition) is 3. The van der Waals surface area contributed by atoms with Crippen LogP contribution >= 0.6 is 0 Å². The molecule has 1 fully saturated rings. The quantitative estimate of drug-likeness (QED) is 0.715. The predicted octanol–water partition coefficient (Wildman–Crippen LogP) is 1.93. The third-order valence-corrected chi connectivity index (χ3v) is 3.87. The fourth-order valence-electron chi connectivity index (χ4n) is 3.33. The fraction of sp³-hybridized carbons (Fsp3) is 0.929. The average molecular weight is 272 g/mol. The first kappa shape index (κ1) is 16.2. The molecular formula is C14H28N2O3. The van der Waals surface area contributed by atoms with Gasteiger partial charge in [-0.05, 0) is 37.1 Å². The van der Waals surface area contributed by atoms with Gasteiger partial charge in [-0.3, -0.25) is 0 Å². The summed E-state index contributed by atoms with van der Waals surface area (Å²) in [6, 6.07) is -0.0887. The second-order valence-corrected chi connectivity index (χ2v) is 6.48. The number of ether oxygens (including phenoxy) is 1. The maximum atomic E-state index is 11.0. The lowest BCUT2D eigenvalue weighted by atomic mass is 9.67. The molecule has 1 amide bonds. The van der Waals surface area contributed by atoms with Gasteiger partial charge in [-0.15, -0.1) is 0 Å². The second-order valence-electron chi connectivity index (χ2n) is 6.48. The molecule has 5 nitrogen and oxygen atoms in total. The van der Waals surface area contributed by atoms with Crippen LogP contribution in [0.1, 0.15) is 33.6 Å². The van der Waals surface area contributed by atoms with E-state index in [-0.39, 0.29) is 17.4 Å². The third kappa shape index (κ3) is 4.99. The van der Waals surface area contributed by atoms with E-state index in [0.29, 0.717) is 12.5 Å². The van der Waals surface area contributed by atoms with Gasteiger partial charge in [0.05, 0.1) is 0 Å². The number of carboxylic acid groups (broad SMARTS) is 1.